The van der Waals surface area contributed by atoms with Crippen LogP contribution in [-0.4, -0.2) is 69.7 Å². The Hall–Kier alpha value is -3.54. The van der Waals surface area contributed by atoms with Crippen molar-refractivity contribution in [3.8, 4) is 5.69 Å². The van der Waals surface area contributed by atoms with E-state index < -0.39 is 17.6 Å². The van der Waals surface area contributed by atoms with Crippen molar-refractivity contribution in [2.75, 3.05) is 44.7 Å². The maximum atomic E-state index is 15.1. The van der Waals surface area contributed by atoms with Crippen molar-refractivity contribution in [1.29, 1.82) is 0 Å². The highest BCUT2D eigenvalue weighted by Crippen LogP contribution is 2.30. The summed E-state index contributed by atoms with van der Waals surface area (Å²) in [6, 6.07) is 10.1. The second kappa shape index (κ2) is 10.8. The van der Waals surface area contributed by atoms with Crippen LogP contribution in [0.5, 0.6) is 0 Å². The molecule has 40 heavy (non-hydrogen) atoms. The first-order chi connectivity index (χ1) is 19.2. The van der Waals surface area contributed by atoms with Crippen LogP contribution in [-0.2, 0) is 17.8 Å². The molecule has 6 rings (SSSR count). The number of ether oxygens (including phenoxy) is 1. The van der Waals surface area contributed by atoms with E-state index in [0.29, 0.717) is 67.7 Å². The van der Waals surface area contributed by atoms with Crippen molar-refractivity contribution in [3.63, 3.8) is 0 Å². The molecule has 2 fully saturated rings. The molecule has 2 aromatic heterocycles. The molecule has 1 N–H and O–H groups in total. The van der Waals surface area contributed by atoms with E-state index >= 15 is 8.78 Å². The van der Waals surface area contributed by atoms with E-state index in [2.05, 4.69) is 15.3 Å². The van der Waals surface area contributed by atoms with E-state index in [1.807, 2.05) is 30.0 Å². The Labute approximate surface area is 229 Å². The lowest BCUT2D eigenvalue weighted by molar-refractivity contribution is 0.0115. The predicted octanol–water partition coefficient (Wildman–Crippen LogP) is 5.42. The van der Waals surface area contributed by atoms with E-state index in [0.717, 1.165) is 11.1 Å². The lowest BCUT2D eigenvalue weighted by Gasteiger charge is -2.27. The number of nitrogens with zero attached hydrogens (tertiary/aromatic N) is 5. The number of nitrogens with one attached hydrogen (secondary N) is 1. The maximum absolute atomic E-state index is 15.1. The molecule has 0 amide bonds. The van der Waals surface area contributed by atoms with E-state index in [4.69, 9.17) is 4.74 Å². The molecule has 4 heterocycles. The first-order valence-corrected chi connectivity index (χ1v) is 13.3. The van der Waals surface area contributed by atoms with Gasteiger partial charge < -0.3 is 14.6 Å². The second-order valence-electron chi connectivity index (χ2n) is 10.5. The quantitative estimate of drug-likeness (QED) is 0.308. The van der Waals surface area contributed by atoms with Crippen LogP contribution in [0.2, 0.25) is 0 Å². The van der Waals surface area contributed by atoms with Gasteiger partial charge in [-0.2, -0.15) is 4.98 Å². The monoisotopic (exact) mass is 554 g/mol. The van der Waals surface area contributed by atoms with E-state index in [1.54, 1.807) is 27.9 Å². The van der Waals surface area contributed by atoms with Crippen LogP contribution in [0.15, 0.2) is 48.8 Å². The van der Waals surface area contributed by atoms with Gasteiger partial charge in [0.05, 0.1) is 25.4 Å². The third-order valence-electron chi connectivity index (χ3n) is 7.56. The average molecular weight is 555 g/mol. The largest absolute Gasteiger partial charge is 0.379 e. The second-order valence-corrected chi connectivity index (χ2v) is 10.5. The first kappa shape index (κ1) is 26.7. The number of hydrogen-bond acceptors (Lipinski definition) is 6. The topological polar surface area (TPSA) is 58.5 Å². The Morgan fingerprint density at radius 1 is 0.975 bits per heavy atom. The summed E-state index contributed by atoms with van der Waals surface area (Å²) in [5.74, 6) is -3.56. The molecule has 2 saturated heterocycles. The summed E-state index contributed by atoms with van der Waals surface area (Å²) >= 11 is 0. The van der Waals surface area contributed by atoms with Crippen LogP contribution in [0.25, 0.3) is 16.7 Å². The SMILES string of the molecule is Cc1ccc(Nc2ncc3ccn(-c4cc(F)c(CN5CCOCC5)c(F)c4)c3n2)cc1CN1CCC(F)(F)C1. The van der Waals surface area contributed by atoms with Crippen molar-refractivity contribution < 1.29 is 22.3 Å². The fraction of sp³-hybridized carbons (Fsp3) is 0.379. The number of halogens is 4. The minimum atomic E-state index is -2.64. The van der Waals surface area contributed by atoms with Gasteiger partial charge >= 0.3 is 0 Å². The Morgan fingerprint density at radius 2 is 1.75 bits per heavy atom. The number of aromatic nitrogens is 3. The van der Waals surface area contributed by atoms with Crippen molar-refractivity contribution >= 4 is 22.7 Å². The molecule has 0 atom stereocenters. The molecule has 0 spiro atoms. The lowest BCUT2D eigenvalue weighted by Crippen LogP contribution is -2.36. The van der Waals surface area contributed by atoms with Gasteiger partial charge in [-0.05, 0) is 48.4 Å². The Balaban J connectivity index is 1.23. The summed E-state index contributed by atoms with van der Waals surface area (Å²) in [4.78, 5) is 12.7. The van der Waals surface area contributed by atoms with Crippen LogP contribution >= 0.6 is 0 Å². The number of rotatable bonds is 7. The minimum Gasteiger partial charge on any atom is -0.379 e. The smallest absolute Gasteiger partial charge is 0.261 e. The summed E-state index contributed by atoms with van der Waals surface area (Å²) in [7, 11) is 0. The van der Waals surface area contributed by atoms with Gasteiger partial charge in [-0.25, -0.2) is 22.5 Å². The van der Waals surface area contributed by atoms with Gasteiger partial charge in [-0.15, -0.1) is 0 Å². The van der Waals surface area contributed by atoms with Gasteiger partial charge in [0.1, 0.15) is 17.3 Å². The summed E-state index contributed by atoms with van der Waals surface area (Å²) < 4.78 is 64.4. The summed E-state index contributed by atoms with van der Waals surface area (Å²) in [6.07, 6.45) is 3.22. The fourth-order valence-electron chi connectivity index (χ4n) is 5.28. The normalized spacial score (nSPS) is 18.0. The highest BCUT2D eigenvalue weighted by Gasteiger charge is 2.38. The number of aryl methyl sites for hydroxylation is 1. The van der Waals surface area contributed by atoms with E-state index in [9.17, 15) is 8.78 Å². The fourth-order valence-corrected chi connectivity index (χ4v) is 5.28. The van der Waals surface area contributed by atoms with Crippen molar-refractivity contribution in [2.24, 2.45) is 0 Å². The highest BCUT2D eigenvalue weighted by atomic mass is 19.3. The lowest BCUT2D eigenvalue weighted by atomic mass is 10.1. The molecule has 2 aliphatic heterocycles. The van der Waals surface area contributed by atoms with Crippen molar-refractivity contribution in [3.05, 3.63) is 77.1 Å². The number of morpholine rings is 1. The first-order valence-electron chi connectivity index (χ1n) is 13.3. The molecule has 0 saturated carbocycles. The van der Waals surface area contributed by atoms with Crippen LogP contribution in [0.4, 0.5) is 29.2 Å². The number of alkyl halides is 2. The average Bonchev–Trinajstić information content (AvgIpc) is 3.50. The summed E-state index contributed by atoms with van der Waals surface area (Å²) in [5.41, 5.74) is 3.51. The Morgan fingerprint density at radius 3 is 2.48 bits per heavy atom. The zero-order valence-electron chi connectivity index (χ0n) is 22.1. The van der Waals surface area contributed by atoms with Gasteiger partial charge in [0.25, 0.3) is 5.92 Å². The molecular formula is C29H30F4N6O. The van der Waals surface area contributed by atoms with Crippen LogP contribution < -0.4 is 5.32 Å². The molecule has 0 bridgehead atoms. The molecule has 0 aliphatic carbocycles. The standard InChI is InChI=1S/C29H30F4N6O/c1-19-2-3-22(12-21(19)16-38-7-5-29(32,33)18-38)35-28-34-15-20-4-6-39(27(20)36-28)23-13-25(30)24(26(31)14-23)17-37-8-10-40-11-9-37/h2-4,6,12-15H,5,7-11,16-18H2,1H3,(H,34,35,36). The van der Waals surface area contributed by atoms with E-state index in [1.165, 1.54) is 12.1 Å². The third-order valence-corrected chi connectivity index (χ3v) is 7.56. The van der Waals surface area contributed by atoms with Gasteiger partial charge in [0.2, 0.25) is 5.95 Å². The van der Waals surface area contributed by atoms with Gasteiger partial charge in [-0.3, -0.25) is 9.80 Å². The number of fused-ring (bicyclic) bond motifs is 1. The number of hydrogen-bond donors (Lipinski definition) is 1. The molecule has 7 nitrogen and oxygen atoms in total. The zero-order valence-corrected chi connectivity index (χ0v) is 22.1. The Bertz CT molecular complexity index is 1510. The third kappa shape index (κ3) is 5.67. The summed E-state index contributed by atoms with van der Waals surface area (Å²) in [6.45, 7) is 5.04. The Kier molecular flexibility index (Phi) is 7.20. The molecule has 4 aromatic rings. The predicted molar refractivity (Wildman–Crippen MR) is 144 cm³/mol. The molecule has 2 aliphatic rings. The molecule has 210 valence electrons. The van der Waals surface area contributed by atoms with Crippen LogP contribution in [0, 0.1) is 18.6 Å². The van der Waals surface area contributed by atoms with Crippen LogP contribution in [0.3, 0.4) is 0 Å². The maximum Gasteiger partial charge on any atom is 0.261 e. The summed E-state index contributed by atoms with van der Waals surface area (Å²) in [5, 5.41) is 3.90. The zero-order chi connectivity index (χ0) is 27.9. The highest BCUT2D eigenvalue weighted by molar-refractivity contribution is 5.79. The molecule has 2 aromatic carbocycles. The molecule has 0 radical (unpaired) electrons. The van der Waals surface area contributed by atoms with Crippen molar-refractivity contribution in [1.82, 2.24) is 24.3 Å². The van der Waals surface area contributed by atoms with Gasteiger partial charge in [0.15, 0.2) is 0 Å². The molecular weight excluding hydrogens is 524 g/mol. The molecule has 11 heteroatoms. The minimum absolute atomic E-state index is 0.0342. The van der Waals surface area contributed by atoms with Gasteiger partial charge in [-0.1, -0.05) is 6.07 Å². The van der Waals surface area contributed by atoms with Gasteiger partial charge in [0, 0.05) is 68.2 Å². The number of likely N-dealkylation sites (tertiary alicyclic amines) is 1. The molecule has 0 unspecified atom stereocenters. The van der Waals surface area contributed by atoms with Crippen LogP contribution in [0.1, 0.15) is 23.1 Å². The van der Waals surface area contributed by atoms with E-state index in [-0.39, 0.29) is 25.1 Å². The number of benzene rings is 2. The van der Waals surface area contributed by atoms with Crippen molar-refractivity contribution in [2.45, 2.75) is 32.4 Å². The number of anilines is 2.